The highest BCUT2D eigenvalue weighted by Gasteiger charge is 2.23. The van der Waals surface area contributed by atoms with E-state index in [1.807, 2.05) is 30.3 Å². The number of nitrogens with zero attached hydrogens (tertiary/aromatic N) is 2. The fraction of sp³-hybridized carbons (Fsp3) is 0.231. The summed E-state index contributed by atoms with van der Waals surface area (Å²) in [6.07, 6.45) is 5.31. The van der Waals surface area contributed by atoms with Crippen LogP contribution in [0.25, 0.3) is 0 Å². The third-order valence-electron chi connectivity index (χ3n) is 2.57. The lowest BCUT2D eigenvalue weighted by Gasteiger charge is -2.22. The lowest BCUT2D eigenvalue weighted by molar-refractivity contribution is 0.0569. The van der Waals surface area contributed by atoms with Crippen LogP contribution < -0.4 is 0 Å². The van der Waals surface area contributed by atoms with Gasteiger partial charge in [0.2, 0.25) is 0 Å². The van der Waals surface area contributed by atoms with Crippen molar-refractivity contribution in [3.63, 3.8) is 0 Å². The first kappa shape index (κ1) is 10.8. The number of benzene rings is 1. The predicted octanol–water partition coefficient (Wildman–Crippen LogP) is 1.93. The van der Waals surface area contributed by atoms with Crippen molar-refractivity contribution in [3.8, 4) is 0 Å². The van der Waals surface area contributed by atoms with Crippen molar-refractivity contribution in [1.82, 2.24) is 9.97 Å². The molecule has 1 aromatic heterocycles. The number of aromatic nitrogens is 2. The van der Waals surface area contributed by atoms with Gasteiger partial charge in [-0.25, -0.2) is 9.97 Å². The van der Waals surface area contributed by atoms with Crippen LogP contribution in [0.15, 0.2) is 49.1 Å². The Hall–Kier alpha value is -1.74. The Morgan fingerprint density at radius 1 is 1.12 bits per heavy atom. The molecule has 0 bridgehead atoms. The van der Waals surface area contributed by atoms with Gasteiger partial charge in [0.05, 0.1) is 5.60 Å². The van der Waals surface area contributed by atoms with Gasteiger partial charge in [-0.15, -0.1) is 0 Å². The molecule has 0 fully saturated rings. The fourth-order valence-electron chi connectivity index (χ4n) is 1.67. The largest absolute Gasteiger partial charge is 0.385 e. The molecule has 0 aliphatic heterocycles. The summed E-state index contributed by atoms with van der Waals surface area (Å²) in [5.41, 5.74) is 0.901. The van der Waals surface area contributed by atoms with Gasteiger partial charge in [-0.2, -0.15) is 0 Å². The van der Waals surface area contributed by atoms with Crippen molar-refractivity contribution in [3.05, 3.63) is 60.2 Å². The second kappa shape index (κ2) is 4.41. The van der Waals surface area contributed by atoms with Gasteiger partial charge in [-0.1, -0.05) is 30.3 Å². The lowest BCUT2D eigenvalue weighted by Crippen LogP contribution is -2.24. The summed E-state index contributed by atoms with van der Waals surface area (Å²) in [7, 11) is 0. The summed E-state index contributed by atoms with van der Waals surface area (Å²) >= 11 is 0. The van der Waals surface area contributed by atoms with Crippen LogP contribution in [0.4, 0.5) is 0 Å². The molecule has 1 atom stereocenters. The van der Waals surface area contributed by atoms with Crippen molar-refractivity contribution in [1.29, 1.82) is 0 Å². The van der Waals surface area contributed by atoms with Gasteiger partial charge in [-0.3, -0.25) is 0 Å². The average Bonchev–Trinajstić information content (AvgIpc) is 2.31. The second-order valence-electron chi connectivity index (χ2n) is 4.06. The molecule has 82 valence electrons. The molecule has 2 aromatic rings. The van der Waals surface area contributed by atoms with Gasteiger partial charge in [0.25, 0.3) is 0 Å². The van der Waals surface area contributed by atoms with Crippen LogP contribution >= 0.6 is 0 Å². The van der Waals surface area contributed by atoms with E-state index in [1.54, 1.807) is 19.3 Å². The van der Waals surface area contributed by atoms with Crippen LogP contribution in [-0.4, -0.2) is 15.1 Å². The molecule has 0 amide bonds. The summed E-state index contributed by atoms with van der Waals surface area (Å²) in [6.45, 7) is 1.78. The molecule has 0 saturated carbocycles. The molecule has 0 saturated heterocycles. The van der Waals surface area contributed by atoms with E-state index in [1.165, 1.54) is 6.33 Å². The highest BCUT2D eigenvalue weighted by Crippen LogP contribution is 2.23. The monoisotopic (exact) mass is 214 g/mol. The minimum Gasteiger partial charge on any atom is -0.385 e. The molecule has 3 heteroatoms. The third-order valence-corrected chi connectivity index (χ3v) is 2.57. The van der Waals surface area contributed by atoms with Gasteiger partial charge in [-0.05, 0) is 12.5 Å². The first-order valence-corrected chi connectivity index (χ1v) is 5.20. The van der Waals surface area contributed by atoms with Crippen molar-refractivity contribution in [2.75, 3.05) is 0 Å². The van der Waals surface area contributed by atoms with E-state index in [-0.39, 0.29) is 0 Å². The molecular weight excluding hydrogens is 200 g/mol. The second-order valence-corrected chi connectivity index (χ2v) is 4.06. The zero-order chi connectivity index (χ0) is 11.4. The van der Waals surface area contributed by atoms with Gasteiger partial charge in [0.1, 0.15) is 6.33 Å². The van der Waals surface area contributed by atoms with Crippen LogP contribution in [-0.2, 0) is 12.0 Å². The standard InChI is InChI=1S/C13H14N2O/c1-13(16,12-8-14-10-15-9-12)7-11-5-3-2-4-6-11/h2-6,8-10,16H,7H2,1H3. The maximum absolute atomic E-state index is 10.4. The quantitative estimate of drug-likeness (QED) is 0.849. The van der Waals surface area contributed by atoms with Gasteiger partial charge < -0.3 is 5.11 Å². The highest BCUT2D eigenvalue weighted by atomic mass is 16.3. The fourth-order valence-corrected chi connectivity index (χ4v) is 1.67. The predicted molar refractivity (Wildman–Crippen MR) is 61.7 cm³/mol. The summed E-state index contributed by atoms with van der Waals surface area (Å²) in [5.74, 6) is 0. The first-order valence-electron chi connectivity index (χ1n) is 5.20. The lowest BCUT2D eigenvalue weighted by atomic mass is 9.91. The Labute approximate surface area is 94.8 Å². The van der Waals surface area contributed by atoms with E-state index in [9.17, 15) is 5.11 Å². The smallest absolute Gasteiger partial charge is 0.115 e. The third kappa shape index (κ3) is 2.44. The summed E-state index contributed by atoms with van der Waals surface area (Å²) in [4.78, 5) is 7.84. The zero-order valence-corrected chi connectivity index (χ0v) is 9.17. The molecule has 1 N–H and O–H groups in total. The van der Waals surface area contributed by atoms with Crippen molar-refractivity contribution in [2.24, 2.45) is 0 Å². The normalized spacial score (nSPS) is 14.4. The zero-order valence-electron chi connectivity index (χ0n) is 9.17. The molecule has 1 aromatic carbocycles. The van der Waals surface area contributed by atoms with E-state index in [2.05, 4.69) is 9.97 Å². The van der Waals surface area contributed by atoms with E-state index in [0.29, 0.717) is 6.42 Å². The molecule has 1 heterocycles. The van der Waals surface area contributed by atoms with Crippen molar-refractivity contribution in [2.45, 2.75) is 18.9 Å². The number of hydrogen-bond donors (Lipinski definition) is 1. The molecule has 0 aliphatic rings. The van der Waals surface area contributed by atoms with E-state index in [4.69, 9.17) is 0 Å². The van der Waals surface area contributed by atoms with E-state index >= 15 is 0 Å². The molecule has 1 unspecified atom stereocenters. The van der Waals surface area contributed by atoms with Crippen molar-refractivity contribution >= 4 is 0 Å². The molecule has 0 aliphatic carbocycles. The number of rotatable bonds is 3. The van der Waals surface area contributed by atoms with Crippen LogP contribution in [0.1, 0.15) is 18.1 Å². The van der Waals surface area contributed by atoms with Crippen LogP contribution in [0.3, 0.4) is 0 Å². The average molecular weight is 214 g/mol. The Morgan fingerprint density at radius 3 is 2.38 bits per heavy atom. The molecular formula is C13H14N2O. The van der Waals surface area contributed by atoms with E-state index < -0.39 is 5.60 Å². The van der Waals surface area contributed by atoms with Gasteiger partial charge >= 0.3 is 0 Å². The number of aliphatic hydroxyl groups is 1. The minimum absolute atomic E-state index is 0.557. The molecule has 0 spiro atoms. The first-order chi connectivity index (χ1) is 7.68. The maximum Gasteiger partial charge on any atom is 0.115 e. The SMILES string of the molecule is CC(O)(Cc1ccccc1)c1cncnc1. The maximum atomic E-state index is 10.4. The van der Waals surface area contributed by atoms with Gasteiger partial charge in [0.15, 0.2) is 0 Å². The van der Waals surface area contributed by atoms with Crippen LogP contribution in [0.5, 0.6) is 0 Å². The molecule has 0 radical (unpaired) electrons. The van der Waals surface area contributed by atoms with E-state index in [0.717, 1.165) is 11.1 Å². The topological polar surface area (TPSA) is 46.0 Å². The number of hydrogen-bond acceptors (Lipinski definition) is 3. The minimum atomic E-state index is -0.928. The Balaban J connectivity index is 2.21. The summed E-state index contributed by atoms with van der Waals surface area (Å²) in [5, 5.41) is 10.4. The molecule has 3 nitrogen and oxygen atoms in total. The van der Waals surface area contributed by atoms with Crippen LogP contribution in [0, 0.1) is 0 Å². The Bertz CT molecular complexity index is 440. The molecule has 2 rings (SSSR count). The summed E-state index contributed by atoms with van der Waals surface area (Å²) < 4.78 is 0. The summed E-state index contributed by atoms with van der Waals surface area (Å²) in [6, 6.07) is 9.89. The highest BCUT2D eigenvalue weighted by molar-refractivity contribution is 5.22. The Morgan fingerprint density at radius 2 is 1.75 bits per heavy atom. The van der Waals surface area contributed by atoms with Gasteiger partial charge in [0, 0.05) is 24.4 Å². The molecule has 16 heavy (non-hydrogen) atoms. The van der Waals surface area contributed by atoms with Crippen LogP contribution in [0.2, 0.25) is 0 Å². The Kier molecular flexibility index (Phi) is 2.97. The van der Waals surface area contributed by atoms with Crippen molar-refractivity contribution < 1.29 is 5.11 Å².